The number of aliphatic hydroxyl groups is 9. The van der Waals surface area contributed by atoms with Crippen LogP contribution in [0.25, 0.3) is 0 Å². The van der Waals surface area contributed by atoms with E-state index in [2.05, 4.69) is 0 Å². The smallest absolute Gasteiger partial charge is 0.227 e. The number of hydrogen-bond acceptors (Lipinski definition) is 12. The highest BCUT2D eigenvalue weighted by molar-refractivity contribution is 5.74. The second-order valence-corrected chi connectivity index (χ2v) is 6.66. The van der Waals surface area contributed by atoms with E-state index in [9.17, 15) is 50.8 Å². The first-order valence-corrected chi connectivity index (χ1v) is 8.12. The summed E-state index contributed by atoms with van der Waals surface area (Å²) in [5.41, 5.74) is -2.88. The molecule has 0 aromatic rings. The Labute approximate surface area is 153 Å². The van der Waals surface area contributed by atoms with Crippen LogP contribution in [0, 0.1) is 0 Å². The van der Waals surface area contributed by atoms with Crippen molar-refractivity contribution in [3.05, 3.63) is 0 Å². The van der Waals surface area contributed by atoms with Crippen LogP contribution in [0.4, 0.5) is 0 Å². The summed E-state index contributed by atoms with van der Waals surface area (Å²) >= 11 is 0. The highest BCUT2D eigenvalue weighted by Gasteiger charge is 2.73. The van der Waals surface area contributed by atoms with E-state index < -0.39 is 79.5 Å². The topological polar surface area (TPSA) is 230 Å². The first-order valence-electron chi connectivity index (χ1n) is 8.12. The number of hydrogen-bond donors (Lipinski definition) is 10. The number of aliphatic hydroxyl groups excluding tert-OH is 8. The molecule has 2 fully saturated rings. The van der Waals surface area contributed by atoms with E-state index in [-0.39, 0.29) is 0 Å². The van der Waals surface area contributed by atoms with Crippen molar-refractivity contribution in [2.45, 2.75) is 67.3 Å². The first kappa shape index (κ1) is 22.3. The van der Waals surface area contributed by atoms with E-state index in [4.69, 9.17) is 9.47 Å². The molecule has 13 heteroatoms. The van der Waals surface area contributed by atoms with E-state index in [1.54, 1.807) is 0 Å². The zero-order valence-electron chi connectivity index (χ0n) is 14.3. The highest BCUT2D eigenvalue weighted by atomic mass is 16.7. The van der Waals surface area contributed by atoms with Crippen LogP contribution in [0.5, 0.6) is 0 Å². The second-order valence-electron chi connectivity index (χ2n) is 6.66. The minimum Gasteiger partial charge on any atom is -0.394 e. The van der Waals surface area contributed by atoms with E-state index >= 15 is 0 Å². The number of rotatable bonds is 4. The maximum absolute atomic E-state index is 11.7. The second kappa shape index (κ2) is 7.81. The van der Waals surface area contributed by atoms with Crippen LogP contribution in [-0.4, -0.2) is 125 Å². The molecular weight excluding hydrogens is 374 g/mol. The number of carbonyl (C=O) groups is 1. The SMILES string of the molecule is CC(=O)N[C@]1([C@@]2(O)O[C@H](CO)[C@H](O)[C@H](O)[C@H]2O)[C@H](O)O[C@H](CO)[C@@H](O)[C@@H]1O. The van der Waals surface area contributed by atoms with Crippen molar-refractivity contribution in [2.75, 3.05) is 13.2 Å². The molecule has 27 heavy (non-hydrogen) atoms. The molecule has 0 bridgehead atoms. The van der Waals surface area contributed by atoms with Crippen molar-refractivity contribution in [1.29, 1.82) is 0 Å². The molecule has 0 unspecified atom stereocenters. The zero-order valence-corrected chi connectivity index (χ0v) is 14.3. The Kier molecular flexibility index (Phi) is 6.45. The number of nitrogens with one attached hydrogen (secondary N) is 1. The third kappa shape index (κ3) is 3.24. The maximum atomic E-state index is 11.7. The van der Waals surface area contributed by atoms with Crippen LogP contribution in [0.2, 0.25) is 0 Å². The summed E-state index contributed by atoms with van der Waals surface area (Å²) in [5.74, 6) is -4.22. The fraction of sp³-hybridized carbons (Fsp3) is 0.929. The molecule has 2 aliphatic rings. The van der Waals surface area contributed by atoms with E-state index in [0.29, 0.717) is 0 Å². The molecule has 0 spiro atoms. The molecule has 0 aliphatic carbocycles. The van der Waals surface area contributed by atoms with E-state index in [0.717, 1.165) is 6.92 Å². The Morgan fingerprint density at radius 1 is 0.926 bits per heavy atom. The van der Waals surface area contributed by atoms with Gasteiger partial charge in [-0.1, -0.05) is 0 Å². The molecule has 0 radical (unpaired) electrons. The van der Waals surface area contributed by atoms with Gasteiger partial charge in [0.2, 0.25) is 11.7 Å². The lowest BCUT2D eigenvalue weighted by molar-refractivity contribution is -0.424. The quantitative estimate of drug-likeness (QED) is 0.213. The molecule has 158 valence electrons. The van der Waals surface area contributed by atoms with E-state index in [1.807, 2.05) is 5.32 Å². The molecule has 2 aliphatic heterocycles. The van der Waals surface area contributed by atoms with Crippen molar-refractivity contribution in [3.63, 3.8) is 0 Å². The third-order valence-corrected chi connectivity index (χ3v) is 4.99. The van der Waals surface area contributed by atoms with Gasteiger partial charge in [-0.3, -0.25) is 4.79 Å². The molecule has 2 rings (SSSR count). The average Bonchev–Trinajstić information content (AvgIpc) is 2.62. The Hall–Kier alpha value is -0.970. The molecule has 1 amide bonds. The zero-order chi connectivity index (χ0) is 20.7. The normalized spacial score (nSPS) is 51.0. The van der Waals surface area contributed by atoms with Crippen molar-refractivity contribution in [3.8, 4) is 0 Å². The maximum Gasteiger partial charge on any atom is 0.227 e. The molecule has 10 N–H and O–H groups in total. The van der Waals surface area contributed by atoms with E-state index in [1.165, 1.54) is 0 Å². The molecule has 0 aromatic carbocycles. The Morgan fingerprint density at radius 3 is 1.96 bits per heavy atom. The van der Waals surface area contributed by atoms with Crippen molar-refractivity contribution in [1.82, 2.24) is 5.32 Å². The minimum absolute atomic E-state index is 0.853. The van der Waals surface area contributed by atoms with Gasteiger partial charge in [0, 0.05) is 6.92 Å². The monoisotopic (exact) mass is 399 g/mol. The van der Waals surface area contributed by atoms with Crippen LogP contribution in [0.3, 0.4) is 0 Å². The number of ether oxygens (including phenoxy) is 2. The molecular formula is C14H25NO12. The van der Waals surface area contributed by atoms with Crippen molar-refractivity contribution < 1.29 is 60.2 Å². The molecule has 0 saturated carbocycles. The molecule has 10 atom stereocenters. The molecule has 13 nitrogen and oxygen atoms in total. The molecule has 0 aromatic heterocycles. The summed E-state index contributed by atoms with van der Waals surface area (Å²) in [4.78, 5) is 11.7. The van der Waals surface area contributed by atoms with Gasteiger partial charge in [-0.05, 0) is 0 Å². The third-order valence-electron chi connectivity index (χ3n) is 4.99. The summed E-state index contributed by atoms with van der Waals surface area (Å²) in [5, 5.41) is 92.9. The van der Waals surface area contributed by atoms with Gasteiger partial charge >= 0.3 is 0 Å². The molecule has 2 heterocycles. The van der Waals surface area contributed by atoms with Gasteiger partial charge in [0.25, 0.3) is 0 Å². The summed E-state index contributed by atoms with van der Waals surface area (Å²) in [6.45, 7) is -0.898. The number of carbonyl (C=O) groups excluding carboxylic acids is 1. The lowest BCUT2D eigenvalue weighted by Gasteiger charge is -2.59. The Morgan fingerprint density at radius 2 is 1.48 bits per heavy atom. The lowest BCUT2D eigenvalue weighted by atomic mass is 9.71. The highest BCUT2D eigenvalue weighted by Crippen LogP contribution is 2.44. The number of amides is 1. The van der Waals surface area contributed by atoms with Crippen LogP contribution in [-0.2, 0) is 14.3 Å². The minimum atomic E-state index is -3.25. The largest absolute Gasteiger partial charge is 0.394 e. The lowest BCUT2D eigenvalue weighted by Crippen LogP contribution is -2.87. The molecule has 2 saturated heterocycles. The van der Waals surface area contributed by atoms with Crippen LogP contribution >= 0.6 is 0 Å². The van der Waals surface area contributed by atoms with Gasteiger partial charge in [-0.25, -0.2) is 0 Å². The van der Waals surface area contributed by atoms with Crippen molar-refractivity contribution >= 4 is 5.91 Å². The van der Waals surface area contributed by atoms with Gasteiger partial charge in [0.1, 0.15) is 42.7 Å². The predicted octanol–water partition coefficient (Wildman–Crippen LogP) is -6.54. The first-order chi connectivity index (χ1) is 12.5. The Bertz CT molecular complexity index is 548. The van der Waals surface area contributed by atoms with Gasteiger partial charge in [-0.15, -0.1) is 0 Å². The van der Waals surface area contributed by atoms with Crippen LogP contribution < -0.4 is 5.32 Å². The standard InChI is InChI=1S/C14H25NO12/c1-4(18)15-13(10(22)8(20)5(2-16)26-12(13)24)14(25)11(23)9(21)7(19)6(3-17)27-14/h5-12,16-17,19-25H,2-3H2,1H3,(H,15,18)/t5-,6-,7+,8-,9+,10+,11-,12-,13+,14+/m1/s1. The summed E-state index contributed by atoms with van der Waals surface area (Å²) in [6.07, 6.45) is -16.3. The average molecular weight is 399 g/mol. The van der Waals surface area contributed by atoms with Gasteiger partial charge < -0.3 is 60.7 Å². The van der Waals surface area contributed by atoms with Crippen LogP contribution in [0.15, 0.2) is 0 Å². The fourth-order valence-electron chi connectivity index (χ4n) is 3.52. The van der Waals surface area contributed by atoms with Crippen molar-refractivity contribution in [2.24, 2.45) is 0 Å². The van der Waals surface area contributed by atoms with Gasteiger partial charge in [0.15, 0.2) is 11.8 Å². The Balaban J connectivity index is 2.62. The summed E-state index contributed by atoms with van der Waals surface area (Å²) < 4.78 is 10.0. The van der Waals surface area contributed by atoms with Gasteiger partial charge in [0.05, 0.1) is 13.2 Å². The summed E-state index contributed by atoms with van der Waals surface area (Å²) in [7, 11) is 0. The van der Waals surface area contributed by atoms with Gasteiger partial charge in [-0.2, -0.15) is 0 Å². The van der Waals surface area contributed by atoms with Crippen LogP contribution in [0.1, 0.15) is 6.92 Å². The predicted molar refractivity (Wildman–Crippen MR) is 81.5 cm³/mol. The summed E-state index contributed by atoms with van der Waals surface area (Å²) in [6, 6.07) is 0. The fourth-order valence-corrected chi connectivity index (χ4v) is 3.52.